The largest absolute Gasteiger partial charge is 0.352 e. The van der Waals surface area contributed by atoms with Crippen LogP contribution in [-0.4, -0.2) is 21.5 Å². The lowest BCUT2D eigenvalue weighted by molar-refractivity contribution is 0.291. The zero-order chi connectivity index (χ0) is 14.8. The number of aromatic nitrogens is 1. The van der Waals surface area contributed by atoms with Gasteiger partial charge in [0.15, 0.2) is 5.11 Å². The number of nitrogens with one attached hydrogen (secondary N) is 1. The van der Waals surface area contributed by atoms with E-state index in [9.17, 15) is 0 Å². The van der Waals surface area contributed by atoms with E-state index in [0.29, 0.717) is 5.92 Å². The normalized spacial score (nSPS) is 21.9. The van der Waals surface area contributed by atoms with E-state index in [0.717, 1.165) is 17.4 Å². The predicted molar refractivity (Wildman–Crippen MR) is 91.3 cm³/mol. The van der Waals surface area contributed by atoms with Crippen molar-refractivity contribution in [3.8, 4) is 0 Å². The molecule has 1 fully saturated rings. The topological polar surface area (TPSA) is 28.2 Å². The molecule has 0 aliphatic carbocycles. The Hall–Kier alpha value is -1.46. The average Bonchev–Trinajstić information content (AvgIpc) is 3.08. The first-order valence-corrected chi connectivity index (χ1v) is 8.47. The molecule has 1 N–H and O–H groups in total. The van der Waals surface area contributed by atoms with Crippen LogP contribution in [-0.2, 0) is 0 Å². The molecule has 3 nitrogen and oxygen atoms in total. The Morgan fingerprint density at radius 3 is 2.81 bits per heavy atom. The Balaban J connectivity index is 1.98. The highest BCUT2D eigenvalue weighted by molar-refractivity contribution is 7.80. The summed E-state index contributed by atoms with van der Waals surface area (Å²) in [6.07, 6.45) is 1.84. The van der Waals surface area contributed by atoms with Crippen molar-refractivity contribution < 1.29 is 0 Å². The van der Waals surface area contributed by atoms with Crippen molar-refractivity contribution in [2.75, 3.05) is 6.54 Å². The lowest BCUT2D eigenvalue weighted by atomic mass is 10.0. The number of hydrogen-bond acceptors (Lipinski definition) is 3. The second kappa shape index (κ2) is 6.12. The second-order valence-corrected chi connectivity index (χ2v) is 7.05. The van der Waals surface area contributed by atoms with E-state index in [1.165, 1.54) is 4.88 Å². The smallest absolute Gasteiger partial charge is 0.170 e. The van der Waals surface area contributed by atoms with Crippen molar-refractivity contribution in [2.45, 2.75) is 25.9 Å². The first-order chi connectivity index (χ1) is 10.2. The van der Waals surface area contributed by atoms with Gasteiger partial charge in [0.05, 0.1) is 17.8 Å². The minimum Gasteiger partial charge on any atom is -0.352 e. The number of thiophene rings is 1. The number of pyridine rings is 1. The highest BCUT2D eigenvalue weighted by Gasteiger charge is 2.40. The lowest BCUT2D eigenvalue weighted by Gasteiger charge is -2.28. The average molecular weight is 317 g/mol. The molecule has 2 atom stereocenters. The van der Waals surface area contributed by atoms with Gasteiger partial charge in [-0.1, -0.05) is 26.0 Å². The Labute approximate surface area is 135 Å². The summed E-state index contributed by atoms with van der Waals surface area (Å²) in [6.45, 7) is 5.40. The van der Waals surface area contributed by atoms with Crippen LogP contribution in [0.25, 0.3) is 0 Å². The minimum atomic E-state index is 0.121. The molecule has 0 amide bonds. The molecule has 0 saturated carbocycles. The molecule has 21 heavy (non-hydrogen) atoms. The van der Waals surface area contributed by atoms with Gasteiger partial charge in [-0.25, -0.2) is 0 Å². The molecule has 1 aliphatic rings. The number of hydrogen-bond donors (Lipinski definition) is 1. The van der Waals surface area contributed by atoms with Crippen molar-refractivity contribution in [1.82, 2.24) is 15.2 Å². The number of rotatable bonds is 4. The van der Waals surface area contributed by atoms with Crippen LogP contribution in [0.15, 0.2) is 41.9 Å². The van der Waals surface area contributed by atoms with E-state index >= 15 is 0 Å². The van der Waals surface area contributed by atoms with E-state index in [2.05, 4.69) is 52.6 Å². The molecule has 1 saturated heterocycles. The maximum Gasteiger partial charge on any atom is 0.170 e. The minimum absolute atomic E-state index is 0.121. The van der Waals surface area contributed by atoms with E-state index in [-0.39, 0.29) is 12.1 Å². The molecule has 110 valence electrons. The zero-order valence-electron chi connectivity index (χ0n) is 12.2. The fourth-order valence-corrected chi connectivity index (χ4v) is 3.95. The molecule has 0 spiro atoms. The SMILES string of the molecule is CC(C)CN1C(=S)N[C@H](c2ccccn2)[C@@H]1c1cccs1. The van der Waals surface area contributed by atoms with E-state index in [4.69, 9.17) is 12.2 Å². The maximum atomic E-state index is 5.58. The van der Waals surface area contributed by atoms with Crippen molar-refractivity contribution in [3.63, 3.8) is 0 Å². The first kappa shape index (κ1) is 14.5. The van der Waals surface area contributed by atoms with Crippen LogP contribution < -0.4 is 5.32 Å². The summed E-state index contributed by atoms with van der Waals surface area (Å²) in [5.41, 5.74) is 1.05. The first-order valence-electron chi connectivity index (χ1n) is 7.18. The number of nitrogens with zero attached hydrogens (tertiary/aromatic N) is 2. The molecular formula is C16H19N3S2. The Bertz CT molecular complexity index is 595. The van der Waals surface area contributed by atoms with Gasteiger partial charge < -0.3 is 10.2 Å². The third-order valence-electron chi connectivity index (χ3n) is 3.59. The quantitative estimate of drug-likeness (QED) is 0.869. The van der Waals surface area contributed by atoms with Crippen LogP contribution in [0.4, 0.5) is 0 Å². The van der Waals surface area contributed by atoms with Gasteiger partial charge in [0, 0.05) is 17.6 Å². The molecule has 2 aromatic heterocycles. The third kappa shape index (κ3) is 2.94. The molecule has 3 rings (SSSR count). The Morgan fingerprint density at radius 1 is 1.33 bits per heavy atom. The maximum absolute atomic E-state index is 5.58. The predicted octanol–water partition coefficient (Wildman–Crippen LogP) is 3.77. The van der Waals surface area contributed by atoms with Crippen LogP contribution in [0, 0.1) is 5.92 Å². The summed E-state index contributed by atoms with van der Waals surface area (Å²) in [7, 11) is 0. The molecule has 5 heteroatoms. The van der Waals surface area contributed by atoms with Crippen molar-refractivity contribution >= 4 is 28.7 Å². The van der Waals surface area contributed by atoms with E-state index in [1.54, 1.807) is 11.3 Å². The van der Waals surface area contributed by atoms with Gasteiger partial charge in [-0.05, 0) is 41.7 Å². The van der Waals surface area contributed by atoms with Gasteiger partial charge in [0.1, 0.15) is 0 Å². The summed E-state index contributed by atoms with van der Waals surface area (Å²) < 4.78 is 0. The van der Waals surface area contributed by atoms with Crippen LogP contribution in [0.1, 0.15) is 36.5 Å². The van der Waals surface area contributed by atoms with Crippen molar-refractivity contribution in [1.29, 1.82) is 0 Å². The standard InChI is InChI=1S/C16H19N3S2/c1-11(2)10-19-15(13-7-5-9-21-13)14(18-16(19)20)12-6-3-4-8-17-12/h3-9,11,14-15H,10H2,1-2H3,(H,18,20)/t14-,15+/m1/s1. The third-order valence-corrected chi connectivity index (χ3v) is 4.89. The van der Waals surface area contributed by atoms with Gasteiger partial charge >= 0.3 is 0 Å². The summed E-state index contributed by atoms with van der Waals surface area (Å²) in [5.74, 6) is 0.565. The molecule has 0 unspecified atom stereocenters. The van der Waals surface area contributed by atoms with Crippen molar-refractivity contribution in [3.05, 3.63) is 52.5 Å². The molecule has 3 heterocycles. The molecule has 0 radical (unpaired) electrons. The summed E-state index contributed by atoms with van der Waals surface area (Å²) in [4.78, 5) is 8.17. The molecule has 1 aliphatic heterocycles. The Morgan fingerprint density at radius 2 is 2.19 bits per heavy atom. The molecule has 2 aromatic rings. The fraction of sp³-hybridized carbons (Fsp3) is 0.375. The summed E-state index contributed by atoms with van der Waals surface area (Å²) in [5, 5.41) is 6.42. The van der Waals surface area contributed by atoms with Crippen LogP contribution in [0.2, 0.25) is 0 Å². The Kier molecular flexibility index (Phi) is 4.22. The van der Waals surface area contributed by atoms with Gasteiger partial charge in [-0.15, -0.1) is 11.3 Å². The lowest BCUT2D eigenvalue weighted by Crippen LogP contribution is -2.32. The number of thiocarbonyl (C=S) groups is 1. The van der Waals surface area contributed by atoms with Crippen molar-refractivity contribution in [2.24, 2.45) is 5.92 Å². The molecule has 0 bridgehead atoms. The monoisotopic (exact) mass is 317 g/mol. The van der Waals surface area contributed by atoms with Crippen LogP contribution in [0.3, 0.4) is 0 Å². The van der Waals surface area contributed by atoms with Crippen LogP contribution in [0.5, 0.6) is 0 Å². The highest BCUT2D eigenvalue weighted by Crippen LogP contribution is 2.40. The molecular weight excluding hydrogens is 298 g/mol. The fourth-order valence-electron chi connectivity index (χ4n) is 2.76. The van der Waals surface area contributed by atoms with Crippen LogP contribution >= 0.6 is 23.6 Å². The summed E-state index contributed by atoms with van der Waals surface area (Å²) in [6, 6.07) is 10.7. The van der Waals surface area contributed by atoms with E-state index < -0.39 is 0 Å². The van der Waals surface area contributed by atoms with E-state index in [1.807, 2.05) is 18.3 Å². The van der Waals surface area contributed by atoms with Gasteiger partial charge in [0.2, 0.25) is 0 Å². The second-order valence-electron chi connectivity index (χ2n) is 5.69. The zero-order valence-corrected chi connectivity index (χ0v) is 13.8. The highest BCUT2D eigenvalue weighted by atomic mass is 32.1. The molecule has 0 aromatic carbocycles. The van der Waals surface area contributed by atoms with Gasteiger partial charge in [0.25, 0.3) is 0 Å². The van der Waals surface area contributed by atoms with Gasteiger partial charge in [-0.2, -0.15) is 0 Å². The van der Waals surface area contributed by atoms with Gasteiger partial charge in [-0.3, -0.25) is 4.98 Å². The summed E-state index contributed by atoms with van der Waals surface area (Å²) >= 11 is 7.36.